The van der Waals surface area contributed by atoms with Gasteiger partial charge in [0.1, 0.15) is 35.6 Å². The van der Waals surface area contributed by atoms with E-state index < -0.39 is 137 Å². The number of ether oxygens (including phenoxy) is 6. The summed E-state index contributed by atoms with van der Waals surface area (Å²) in [4.78, 5) is 112. The highest BCUT2D eigenvalue weighted by Crippen LogP contribution is 2.67. The number of benzene rings is 3. The van der Waals surface area contributed by atoms with Gasteiger partial charge in [-0.05, 0) is 87.9 Å². The van der Waals surface area contributed by atoms with Crippen molar-refractivity contribution in [2.75, 3.05) is 0 Å². The van der Waals surface area contributed by atoms with Gasteiger partial charge in [0.25, 0.3) is 5.91 Å². The molecule has 72 heavy (non-hydrogen) atoms. The van der Waals surface area contributed by atoms with E-state index in [9.17, 15) is 44.1 Å². The zero-order valence-corrected chi connectivity index (χ0v) is 41.3. The summed E-state index contributed by atoms with van der Waals surface area (Å²) in [7, 11) is 0. The van der Waals surface area contributed by atoms with Gasteiger partial charge in [-0.2, -0.15) is 0 Å². The lowest BCUT2D eigenvalue weighted by molar-refractivity contribution is -0.296. The number of rotatable bonds is 14. The van der Waals surface area contributed by atoms with Crippen molar-refractivity contribution in [1.29, 1.82) is 0 Å². The highest BCUT2D eigenvalue weighted by Gasteiger charge is 2.77. The monoisotopic (exact) mass is 995 g/mol. The minimum Gasteiger partial charge on any atom is -0.458 e. The average molecular weight is 996 g/mol. The molecule has 7 rings (SSSR count). The van der Waals surface area contributed by atoms with Crippen LogP contribution < -0.4 is 5.32 Å². The van der Waals surface area contributed by atoms with Gasteiger partial charge in [-0.25, -0.2) is 19.2 Å². The second-order valence-electron chi connectivity index (χ2n) is 20.0. The van der Waals surface area contributed by atoms with E-state index >= 15 is 9.59 Å². The Morgan fingerprint density at radius 2 is 1.33 bits per heavy atom. The van der Waals surface area contributed by atoms with Gasteiger partial charge in [0.2, 0.25) is 6.10 Å². The highest BCUT2D eigenvalue weighted by molar-refractivity contribution is 5.96. The lowest BCUT2D eigenvalue weighted by Crippen LogP contribution is -2.78. The predicted octanol–water partition coefficient (Wildman–Crippen LogP) is 4.61. The van der Waals surface area contributed by atoms with Crippen LogP contribution in [0.15, 0.2) is 102 Å². The van der Waals surface area contributed by atoms with Crippen LogP contribution in [0.5, 0.6) is 0 Å². The van der Waals surface area contributed by atoms with Gasteiger partial charge in [0.05, 0.1) is 23.0 Å². The quantitative estimate of drug-likeness (QED) is 0.0976. The zero-order chi connectivity index (χ0) is 52.7. The molecule has 3 saturated carbocycles. The summed E-state index contributed by atoms with van der Waals surface area (Å²) < 4.78 is 35.9. The molecule has 4 aliphatic rings. The molecule has 4 aliphatic carbocycles. The van der Waals surface area contributed by atoms with Crippen molar-refractivity contribution in [2.24, 2.45) is 22.7 Å². The van der Waals surface area contributed by atoms with Gasteiger partial charge in [-0.1, -0.05) is 80.6 Å². The number of ketones is 1. The highest BCUT2D eigenvalue weighted by atomic mass is 16.6. The van der Waals surface area contributed by atoms with Gasteiger partial charge in [-0.3, -0.25) is 19.2 Å². The standard InChI is InChI=1S/C54H61NO17/c1-28-37(69-50(65)42(70-48(63)30(3)67-47(62)29(2)56)40(33-18-12-9-13-19-33)55-46(61)34-20-14-10-15-21-34)27-54(66)45(71-49(64)35-22-16-11-17-23-35)43-52(8,38(59)26-36-24-25-53(36,43)72-32(5)58)44(60)41(68-31(4)57)39(28)51(54,6)7/h9-23,29-30,36-38,40-43,45,56,59,66H,24-27H2,1-8H3,(H,55,61)/t29?,30?,36-,37?,38+,40?,41-,42-,43?,45+,52-,53+,54-/m1/s1. The normalized spacial score (nSPS) is 29.8. The molecule has 1 amide bonds. The topological polar surface area (TPSA) is 265 Å². The average Bonchev–Trinajstić information content (AvgIpc) is 3.33. The maximum Gasteiger partial charge on any atom is 0.350 e. The number of amides is 1. The lowest BCUT2D eigenvalue weighted by atomic mass is 9.41. The van der Waals surface area contributed by atoms with E-state index in [0.29, 0.717) is 6.42 Å². The van der Waals surface area contributed by atoms with Gasteiger partial charge in [0, 0.05) is 37.2 Å². The molecule has 0 aromatic heterocycles. The van der Waals surface area contributed by atoms with Crippen LogP contribution in [-0.2, 0) is 57.2 Å². The number of carbonyl (C=O) groups is 8. The molecule has 0 heterocycles. The Labute approximate surface area is 416 Å². The first kappa shape index (κ1) is 53.0. The summed E-state index contributed by atoms with van der Waals surface area (Å²) in [5.74, 6) is -10.1. The van der Waals surface area contributed by atoms with Crippen molar-refractivity contribution in [3.63, 3.8) is 0 Å². The first-order valence-corrected chi connectivity index (χ1v) is 23.9. The Kier molecular flexibility index (Phi) is 15.0. The van der Waals surface area contributed by atoms with Crippen molar-refractivity contribution in [3.05, 3.63) is 119 Å². The van der Waals surface area contributed by atoms with E-state index in [0.717, 1.165) is 20.8 Å². The van der Waals surface area contributed by atoms with Crippen molar-refractivity contribution < 1.29 is 82.1 Å². The van der Waals surface area contributed by atoms with Crippen molar-refractivity contribution >= 4 is 47.5 Å². The van der Waals surface area contributed by atoms with Crippen LogP contribution in [0.4, 0.5) is 0 Å². The number of esters is 6. The number of aliphatic hydroxyl groups is 3. The van der Waals surface area contributed by atoms with Gasteiger partial charge >= 0.3 is 35.8 Å². The number of aliphatic hydroxyl groups excluding tert-OH is 2. The van der Waals surface area contributed by atoms with Crippen LogP contribution >= 0.6 is 0 Å². The number of hydrogen-bond acceptors (Lipinski definition) is 17. The molecule has 384 valence electrons. The first-order valence-electron chi connectivity index (χ1n) is 23.9. The van der Waals surface area contributed by atoms with E-state index in [1.807, 2.05) is 0 Å². The number of fused-ring (bicyclic) bond motifs is 5. The Bertz CT molecular complexity index is 2630. The molecular formula is C54H61NO17. The molecule has 3 aromatic rings. The third-order valence-corrected chi connectivity index (χ3v) is 15.3. The maximum atomic E-state index is 15.8. The maximum absolute atomic E-state index is 15.8. The second-order valence-corrected chi connectivity index (χ2v) is 20.0. The van der Waals surface area contributed by atoms with Crippen LogP contribution in [0, 0.1) is 22.7 Å². The zero-order valence-electron chi connectivity index (χ0n) is 41.3. The molecule has 2 bridgehead atoms. The molecule has 3 fully saturated rings. The minimum absolute atomic E-state index is 0.0431. The molecule has 0 saturated heterocycles. The number of nitrogens with one attached hydrogen (secondary N) is 1. The smallest absolute Gasteiger partial charge is 0.350 e. The third kappa shape index (κ3) is 9.54. The van der Waals surface area contributed by atoms with Crippen LogP contribution in [-0.4, -0.2) is 117 Å². The molecule has 18 heteroatoms. The van der Waals surface area contributed by atoms with Crippen LogP contribution in [0.1, 0.15) is 113 Å². The van der Waals surface area contributed by atoms with Crippen molar-refractivity contribution in [2.45, 2.75) is 141 Å². The Balaban J connectivity index is 1.42. The molecule has 4 N–H and O–H groups in total. The third-order valence-electron chi connectivity index (χ3n) is 15.3. The van der Waals surface area contributed by atoms with E-state index in [2.05, 4.69) is 5.32 Å². The van der Waals surface area contributed by atoms with E-state index in [1.54, 1.807) is 80.6 Å². The summed E-state index contributed by atoms with van der Waals surface area (Å²) in [5.41, 5.74) is -7.44. The molecule has 3 aromatic carbocycles. The van der Waals surface area contributed by atoms with Crippen LogP contribution in [0.25, 0.3) is 0 Å². The van der Waals surface area contributed by atoms with Crippen molar-refractivity contribution in [3.8, 4) is 0 Å². The molecule has 18 nitrogen and oxygen atoms in total. The SMILES string of the molecule is CC(=O)O[C@H]1C(=O)[C@@]2(C)C([C@H](OC(=O)c3ccccc3)[C@]3(O)CC(OC(=O)[C@H](OC(=O)C(C)OC(=O)C(C)O)C(NC(=O)c4ccccc4)c4ccccc4)C(C)=C1C3(C)C)[C@]1(OC(C)=O)CC[C@@H]1C[C@@H]2O. The van der Waals surface area contributed by atoms with Gasteiger partial charge < -0.3 is 49.1 Å². The van der Waals surface area contributed by atoms with Gasteiger partial charge in [-0.15, -0.1) is 0 Å². The fourth-order valence-electron chi connectivity index (χ4n) is 11.4. The largest absolute Gasteiger partial charge is 0.458 e. The lowest BCUT2D eigenvalue weighted by Gasteiger charge is -2.68. The molecule has 0 spiro atoms. The summed E-state index contributed by atoms with van der Waals surface area (Å²) in [6.45, 7) is 10.5. The van der Waals surface area contributed by atoms with Crippen LogP contribution in [0.2, 0.25) is 0 Å². The molecular weight excluding hydrogens is 935 g/mol. The predicted molar refractivity (Wildman–Crippen MR) is 252 cm³/mol. The number of Topliss-reactive ketones (excluding diaryl/α,β-unsaturated/α-hetero) is 1. The molecule has 5 unspecified atom stereocenters. The number of hydrogen-bond donors (Lipinski definition) is 4. The fraction of sp³-hybridized carbons (Fsp3) is 0.481. The number of carbonyl (C=O) groups excluding carboxylic acids is 8. The molecule has 0 radical (unpaired) electrons. The second kappa shape index (κ2) is 20.4. The van der Waals surface area contributed by atoms with E-state index in [-0.39, 0.29) is 40.7 Å². The summed E-state index contributed by atoms with van der Waals surface area (Å²) >= 11 is 0. The van der Waals surface area contributed by atoms with E-state index in [4.69, 9.17) is 28.4 Å². The summed E-state index contributed by atoms with van der Waals surface area (Å²) in [5, 5.41) is 38.8. The Morgan fingerprint density at radius 3 is 1.88 bits per heavy atom. The van der Waals surface area contributed by atoms with E-state index in [1.165, 1.54) is 45.0 Å². The fourth-order valence-corrected chi connectivity index (χ4v) is 11.4. The van der Waals surface area contributed by atoms with Gasteiger partial charge in [0.15, 0.2) is 18.0 Å². The Morgan fingerprint density at radius 1 is 0.750 bits per heavy atom. The minimum atomic E-state index is -2.47. The molecule has 13 atom stereocenters. The van der Waals surface area contributed by atoms with Crippen LogP contribution in [0.3, 0.4) is 0 Å². The summed E-state index contributed by atoms with van der Waals surface area (Å²) in [6, 6.07) is 22.1. The summed E-state index contributed by atoms with van der Waals surface area (Å²) in [6.07, 6.45) is -12.5. The van der Waals surface area contributed by atoms with Crippen molar-refractivity contribution in [1.82, 2.24) is 5.32 Å². The molecule has 0 aliphatic heterocycles. The first-order chi connectivity index (χ1) is 33.9. The Hall–Kier alpha value is -6.76.